The molecular weight excluding hydrogens is 204 g/mol. The number of Topliss-reactive ketones (excluding diaryl/α,β-unsaturated/α-hetero) is 1. The third-order valence-electron chi connectivity index (χ3n) is 3.35. The van der Waals surface area contributed by atoms with Gasteiger partial charge in [0.2, 0.25) is 5.91 Å². The Morgan fingerprint density at radius 2 is 2.25 bits per heavy atom. The van der Waals surface area contributed by atoms with Gasteiger partial charge in [-0.15, -0.1) is 0 Å². The van der Waals surface area contributed by atoms with Gasteiger partial charge in [-0.25, -0.2) is 0 Å². The second-order valence-electron chi connectivity index (χ2n) is 4.46. The standard InChI is InChI=1S/C12H22N2O2/c1-4-9(3)11(15)8-14-7-6-13-12(16)10(14)5-2/h9-10H,4-8H2,1-3H3,(H,13,16). The van der Waals surface area contributed by atoms with E-state index in [1.54, 1.807) is 0 Å². The number of amides is 1. The first-order valence-corrected chi connectivity index (χ1v) is 6.14. The minimum Gasteiger partial charge on any atom is -0.353 e. The van der Waals surface area contributed by atoms with Gasteiger partial charge in [0.05, 0.1) is 12.6 Å². The Balaban J connectivity index is 2.57. The van der Waals surface area contributed by atoms with Crippen molar-refractivity contribution in [2.24, 2.45) is 5.92 Å². The molecule has 0 aromatic carbocycles. The van der Waals surface area contributed by atoms with Gasteiger partial charge in [-0.1, -0.05) is 20.8 Å². The predicted octanol–water partition coefficient (Wildman–Crippen LogP) is 0.812. The summed E-state index contributed by atoms with van der Waals surface area (Å²) < 4.78 is 0. The predicted molar refractivity (Wildman–Crippen MR) is 63.1 cm³/mol. The van der Waals surface area contributed by atoms with Gasteiger partial charge in [0.1, 0.15) is 5.78 Å². The molecule has 1 aliphatic rings. The molecule has 1 aliphatic heterocycles. The molecule has 0 aromatic rings. The lowest BCUT2D eigenvalue weighted by Crippen LogP contribution is -2.56. The molecule has 2 atom stereocenters. The second-order valence-corrected chi connectivity index (χ2v) is 4.46. The number of carbonyl (C=O) groups excluding carboxylic acids is 2. The summed E-state index contributed by atoms with van der Waals surface area (Å²) in [6, 6.07) is -0.123. The maximum absolute atomic E-state index is 11.8. The highest BCUT2D eigenvalue weighted by molar-refractivity contribution is 5.86. The average molecular weight is 226 g/mol. The Kier molecular flexibility index (Phi) is 4.93. The number of piperazine rings is 1. The van der Waals surface area contributed by atoms with E-state index in [4.69, 9.17) is 0 Å². The molecule has 92 valence electrons. The van der Waals surface area contributed by atoms with Crippen molar-refractivity contribution in [3.63, 3.8) is 0 Å². The van der Waals surface area contributed by atoms with Crippen LogP contribution in [0.5, 0.6) is 0 Å². The fraction of sp³-hybridized carbons (Fsp3) is 0.833. The average Bonchev–Trinajstić information content (AvgIpc) is 2.28. The maximum atomic E-state index is 11.8. The summed E-state index contributed by atoms with van der Waals surface area (Å²) in [7, 11) is 0. The molecule has 4 heteroatoms. The fourth-order valence-corrected chi connectivity index (χ4v) is 1.98. The van der Waals surface area contributed by atoms with Gasteiger partial charge in [0.25, 0.3) is 0 Å². The van der Waals surface area contributed by atoms with Crippen molar-refractivity contribution in [3.8, 4) is 0 Å². The van der Waals surface area contributed by atoms with E-state index >= 15 is 0 Å². The van der Waals surface area contributed by atoms with Crippen molar-refractivity contribution < 1.29 is 9.59 Å². The van der Waals surface area contributed by atoms with Crippen molar-refractivity contribution in [1.29, 1.82) is 0 Å². The molecular formula is C12H22N2O2. The Bertz CT molecular complexity index is 266. The minimum atomic E-state index is -0.123. The molecule has 1 saturated heterocycles. The molecule has 0 aliphatic carbocycles. The normalized spacial score (nSPS) is 23.9. The lowest BCUT2D eigenvalue weighted by Gasteiger charge is -2.34. The highest BCUT2D eigenvalue weighted by Gasteiger charge is 2.29. The first kappa shape index (κ1) is 13.2. The van der Waals surface area contributed by atoms with Crippen LogP contribution in [0.15, 0.2) is 0 Å². The zero-order valence-corrected chi connectivity index (χ0v) is 10.5. The summed E-state index contributed by atoms with van der Waals surface area (Å²) in [4.78, 5) is 25.4. The van der Waals surface area contributed by atoms with Crippen LogP contribution in [-0.4, -0.2) is 42.3 Å². The van der Waals surface area contributed by atoms with E-state index in [2.05, 4.69) is 5.32 Å². The zero-order chi connectivity index (χ0) is 12.1. The van der Waals surface area contributed by atoms with Gasteiger partial charge >= 0.3 is 0 Å². The topological polar surface area (TPSA) is 49.4 Å². The summed E-state index contributed by atoms with van der Waals surface area (Å²) in [6.07, 6.45) is 1.63. The van der Waals surface area contributed by atoms with Crippen molar-refractivity contribution in [2.45, 2.75) is 39.7 Å². The molecule has 2 unspecified atom stereocenters. The Hall–Kier alpha value is -0.900. The first-order chi connectivity index (χ1) is 7.60. The number of carbonyl (C=O) groups is 2. The van der Waals surface area contributed by atoms with E-state index in [-0.39, 0.29) is 23.7 Å². The van der Waals surface area contributed by atoms with Gasteiger partial charge < -0.3 is 5.32 Å². The maximum Gasteiger partial charge on any atom is 0.237 e. The first-order valence-electron chi connectivity index (χ1n) is 6.14. The summed E-state index contributed by atoms with van der Waals surface area (Å²) in [5, 5.41) is 2.84. The third kappa shape index (κ3) is 3.04. The summed E-state index contributed by atoms with van der Waals surface area (Å²) in [5.41, 5.74) is 0. The lowest BCUT2D eigenvalue weighted by atomic mass is 10.0. The number of nitrogens with zero attached hydrogens (tertiary/aromatic N) is 1. The number of nitrogens with one attached hydrogen (secondary N) is 1. The molecule has 4 nitrogen and oxygen atoms in total. The van der Waals surface area contributed by atoms with E-state index in [9.17, 15) is 9.59 Å². The van der Waals surface area contributed by atoms with Crippen LogP contribution in [0, 0.1) is 5.92 Å². The molecule has 0 aromatic heterocycles. The minimum absolute atomic E-state index is 0.0608. The monoisotopic (exact) mass is 226 g/mol. The van der Waals surface area contributed by atoms with Gasteiger partial charge in [-0.05, 0) is 12.8 Å². The second kappa shape index (κ2) is 5.99. The summed E-state index contributed by atoms with van der Waals surface area (Å²) in [6.45, 7) is 7.81. The highest BCUT2D eigenvalue weighted by Crippen LogP contribution is 2.11. The van der Waals surface area contributed by atoms with Gasteiger partial charge in [0.15, 0.2) is 0 Å². The SMILES string of the molecule is CCC(C)C(=O)CN1CCNC(=O)C1CC. The third-order valence-corrected chi connectivity index (χ3v) is 3.35. The van der Waals surface area contributed by atoms with Crippen LogP contribution in [-0.2, 0) is 9.59 Å². The van der Waals surface area contributed by atoms with E-state index in [0.717, 1.165) is 19.4 Å². The summed E-state index contributed by atoms with van der Waals surface area (Å²) >= 11 is 0. The lowest BCUT2D eigenvalue weighted by molar-refractivity contribution is -0.132. The summed E-state index contributed by atoms with van der Waals surface area (Å²) in [5.74, 6) is 0.406. The Morgan fingerprint density at radius 3 is 2.81 bits per heavy atom. The van der Waals surface area contributed by atoms with Crippen molar-refractivity contribution >= 4 is 11.7 Å². The Labute approximate surface area is 97.4 Å². The molecule has 0 radical (unpaired) electrons. The molecule has 0 spiro atoms. The number of ketones is 1. The van der Waals surface area contributed by atoms with Crippen molar-refractivity contribution in [3.05, 3.63) is 0 Å². The van der Waals surface area contributed by atoms with Crippen molar-refractivity contribution in [1.82, 2.24) is 10.2 Å². The van der Waals surface area contributed by atoms with Crippen LogP contribution < -0.4 is 5.32 Å². The van der Waals surface area contributed by atoms with Gasteiger partial charge in [-0.2, -0.15) is 0 Å². The molecule has 1 amide bonds. The van der Waals surface area contributed by atoms with E-state index in [1.165, 1.54) is 0 Å². The number of hydrogen-bond donors (Lipinski definition) is 1. The number of rotatable bonds is 5. The molecule has 1 fully saturated rings. The van der Waals surface area contributed by atoms with Crippen LogP contribution in [0.3, 0.4) is 0 Å². The molecule has 1 heterocycles. The van der Waals surface area contributed by atoms with Gasteiger partial charge in [-0.3, -0.25) is 14.5 Å². The van der Waals surface area contributed by atoms with Gasteiger partial charge in [0, 0.05) is 19.0 Å². The zero-order valence-electron chi connectivity index (χ0n) is 10.5. The largest absolute Gasteiger partial charge is 0.353 e. The smallest absolute Gasteiger partial charge is 0.237 e. The molecule has 16 heavy (non-hydrogen) atoms. The molecule has 1 rings (SSSR count). The highest BCUT2D eigenvalue weighted by atomic mass is 16.2. The van der Waals surface area contributed by atoms with Crippen molar-refractivity contribution in [2.75, 3.05) is 19.6 Å². The van der Waals surface area contributed by atoms with Crippen LogP contribution >= 0.6 is 0 Å². The quantitative estimate of drug-likeness (QED) is 0.755. The number of hydrogen-bond acceptors (Lipinski definition) is 3. The molecule has 1 N–H and O–H groups in total. The van der Waals surface area contributed by atoms with E-state index in [0.29, 0.717) is 13.1 Å². The van der Waals surface area contributed by atoms with Crippen LogP contribution in [0.2, 0.25) is 0 Å². The van der Waals surface area contributed by atoms with Crippen LogP contribution in [0.25, 0.3) is 0 Å². The Morgan fingerprint density at radius 1 is 1.56 bits per heavy atom. The van der Waals surface area contributed by atoms with E-state index in [1.807, 2.05) is 25.7 Å². The fourth-order valence-electron chi connectivity index (χ4n) is 1.98. The van der Waals surface area contributed by atoms with Crippen LogP contribution in [0.4, 0.5) is 0 Å². The van der Waals surface area contributed by atoms with Crippen LogP contribution in [0.1, 0.15) is 33.6 Å². The molecule has 0 saturated carbocycles. The molecule has 0 bridgehead atoms. The van der Waals surface area contributed by atoms with E-state index < -0.39 is 0 Å².